The predicted molar refractivity (Wildman–Crippen MR) is 91.6 cm³/mol. The van der Waals surface area contributed by atoms with Crippen LogP contribution in [-0.4, -0.2) is 40.1 Å². The second-order valence-corrected chi connectivity index (χ2v) is 7.66. The van der Waals surface area contributed by atoms with Gasteiger partial charge >= 0.3 is 5.97 Å². The first-order valence-corrected chi connectivity index (χ1v) is 9.37. The van der Waals surface area contributed by atoms with E-state index in [0.29, 0.717) is 36.7 Å². The third kappa shape index (κ3) is 2.82. The summed E-state index contributed by atoms with van der Waals surface area (Å²) in [5.41, 5.74) is 2.44. The Morgan fingerprint density at radius 2 is 2.16 bits per heavy atom. The summed E-state index contributed by atoms with van der Waals surface area (Å²) in [5, 5.41) is 5.38. The van der Waals surface area contributed by atoms with E-state index in [1.807, 2.05) is 10.7 Å². The molecule has 0 aromatic carbocycles. The molecule has 0 bridgehead atoms. The smallest absolute Gasteiger partial charge is 0.339 e. The molecular weight excluding hydrogens is 318 g/mol. The number of ether oxygens (including phenoxy) is 2. The molecule has 2 aromatic heterocycles. The molecule has 2 aromatic rings. The van der Waals surface area contributed by atoms with E-state index < -0.39 is 0 Å². The van der Waals surface area contributed by atoms with Gasteiger partial charge in [-0.05, 0) is 44.6 Å². The molecule has 6 nitrogen and oxygen atoms in total. The molecule has 0 amide bonds. The van der Waals surface area contributed by atoms with Crippen LogP contribution in [0.5, 0.6) is 0 Å². The predicted octanol–water partition coefficient (Wildman–Crippen LogP) is 3.23. The Morgan fingerprint density at radius 1 is 1.32 bits per heavy atom. The fourth-order valence-electron chi connectivity index (χ4n) is 3.69. The SMILES string of the molecule is CC(C1CC1)n1ncc2c(C(=O)OC3CCOC3)cc(C3CC3)nc21. The lowest BCUT2D eigenvalue weighted by Gasteiger charge is -2.14. The van der Waals surface area contributed by atoms with Crippen molar-refractivity contribution in [1.29, 1.82) is 0 Å². The molecule has 0 spiro atoms. The molecule has 3 heterocycles. The standard InChI is InChI=1S/C19H23N3O3/c1-11(12-2-3-12)22-18-16(9-20-22)15(8-17(21-18)13-4-5-13)19(23)25-14-6-7-24-10-14/h8-9,11-14H,2-7,10H2,1H3. The van der Waals surface area contributed by atoms with Gasteiger partial charge in [0.1, 0.15) is 6.10 Å². The first-order chi connectivity index (χ1) is 12.2. The lowest BCUT2D eigenvalue weighted by molar-refractivity contribution is 0.0273. The number of nitrogens with zero attached hydrogens (tertiary/aromatic N) is 3. The van der Waals surface area contributed by atoms with Gasteiger partial charge in [0.05, 0.1) is 36.4 Å². The molecule has 2 atom stereocenters. The summed E-state index contributed by atoms with van der Waals surface area (Å²) >= 11 is 0. The van der Waals surface area contributed by atoms with Gasteiger partial charge in [-0.3, -0.25) is 0 Å². The van der Waals surface area contributed by atoms with Crippen molar-refractivity contribution in [1.82, 2.24) is 14.8 Å². The van der Waals surface area contributed by atoms with Crippen molar-refractivity contribution in [3.8, 4) is 0 Å². The first-order valence-electron chi connectivity index (χ1n) is 9.37. The highest BCUT2D eigenvalue weighted by molar-refractivity contribution is 6.02. The van der Waals surface area contributed by atoms with E-state index in [-0.39, 0.29) is 12.1 Å². The van der Waals surface area contributed by atoms with Gasteiger partial charge in [-0.1, -0.05) is 0 Å². The van der Waals surface area contributed by atoms with Crippen LogP contribution in [0.4, 0.5) is 0 Å². The lowest BCUT2D eigenvalue weighted by Crippen LogP contribution is -2.19. The number of pyridine rings is 1. The third-order valence-corrected chi connectivity index (χ3v) is 5.65. The summed E-state index contributed by atoms with van der Waals surface area (Å²) in [6.07, 6.45) is 7.21. The Bertz CT molecular complexity index is 817. The number of carbonyl (C=O) groups excluding carboxylic acids is 1. The molecule has 0 N–H and O–H groups in total. The van der Waals surface area contributed by atoms with Gasteiger partial charge in [0.2, 0.25) is 0 Å². The highest BCUT2D eigenvalue weighted by Crippen LogP contribution is 2.42. The highest BCUT2D eigenvalue weighted by atomic mass is 16.6. The largest absolute Gasteiger partial charge is 0.456 e. The summed E-state index contributed by atoms with van der Waals surface area (Å²) in [6, 6.07) is 2.25. The molecule has 1 saturated heterocycles. The number of esters is 1. The topological polar surface area (TPSA) is 66.2 Å². The number of aromatic nitrogens is 3. The van der Waals surface area contributed by atoms with Crippen molar-refractivity contribution in [3.63, 3.8) is 0 Å². The molecule has 25 heavy (non-hydrogen) atoms. The van der Waals surface area contributed by atoms with E-state index in [2.05, 4.69) is 12.0 Å². The molecule has 3 aliphatic rings. The number of hydrogen-bond donors (Lipinski definition) is 0. The van der Waals surface area contributed by atoms with Crippen LogP contribution < -0.4 is 0 Å². The van der Waals surface area contributed by atoms with Gasteiger partial charge in [0, 0.05) is 18.0 Å². The van der Waals surface area contributed by atoms with Crippen LogP contribution in [-0.2, 0) is 9.47 Å². The van der Waals surface area contributed by atoms with Crippen molar-refractivity contribution in [2.24, 2.45) is 5.92 Å². The maximum Gasteiger partial charge on any atom is 0.339 e. The van der Waals surface area contributed by atoms with Crippen LogP contribution in [0.3, 0.4) is 0 Å². The summed E-state index contributed by atoms with van der Waals surface area (Å²) in [4.78, 5) is 17.7. The van der Waals surface area contributed by atoms with Crippen LogP contribution in [0, 0.1) is 5.92 Å². The van der Waals surface area contributed by atoms with Crippen LogP contribution in [0.1, 0.15) is 67.0 Å². The Morgan fingerprint density at radius 3 is 2.84 bits per heavy atom. The summed E-state index contributed by atoms with van der Waals surface area (Å²) in [7, 11) is 0. The second kappa shape index (κ2) is 5.80. The van der Waals surface area contributed by atoms with Gasteiger partial charge < -0.3 is 9.47 Å². The van der Waals surface area contributed by atoms with E-state index in [1.54, 1.807) is 6.20 Å². The summed E-state index contributed by atoms with van der Waals surface area (Å²) < 4.78 is 13.0. The Balaban J connectivity index is 1.55. The van der Waals surface area contributed by atoms with Crippen molar-refractivity contribution in [2.45, 2.75) is 57.1 Å². The lowest BCUT2D eigenvalue weighted by atomic mass is 10.1. The fourth-order valence-corrected chi connectivity index (χ4v) is 3.69. The number of fused-ring (bicyclic) bond motifs is 1. The average molecular weight is 341 g/mol. The van der Waals surface area contributed by atoms with Gasteiger partial charge in [-0.15, -0.1) is 0 Å². The van der Waals surface area contributed by atoms with Crippen LogP contribution in [0.2, 0.25) is 0 Å². The Labute approximate surface area is 146 Å². The van der Waals surface area contributed by atoms with E-state index in [0.717, 1.165) is 36.0 Å². The second-order valence-electron chi connectivity index (χ2n) is 7.66. The molecule has 2 aliphatic carbocycles. The highest BCUT2D eigenvalue weighted by Gasteiger charge is 2.33. The van der Waals surface area contributed by atoms with Gasteiger partial charge in [-0.25, -0.2) is 14.5 Å². The van der Waals surface area contributed by atoms with Crippen molar-refractivity contribution >= 4 is 17.0 Å². The molecule has 132 valence electrons. The van der Waals surface area contributed by atoms with Crippen LogP contribution >= 0.6 is 0 Å². The zero-order chi connectivity index (χ0) is 17.0. The van der Waals surface area contributed by atoms with E-state index in [9.17, 15) is 4.79 Å². The maximum atomic E-state index is 12.8. The molecule has 2 saturated carbocycles. The molecule has 2 unspecified atom stereocenters. The molecule has 0 radical (unpaired) electrons. The fraction of sp³-hybridized carbons (Fsp3) is 0.632. The van der Waals surface area contributed by atoms with Crippen LogP contribution in [0.25, 0.3) is 11.0 Å². The first kappa shape index (κ1) is 15.3. The monoisotopic (exact) mass is 341 g/mol. The molecular formula is C19H23N3O3. The maximum absolute atomic E-state index is 12.8. The van der Waals surface area contributed by atoms with Crippen LogP contribution in [0.15, 0.2) is 12.3 Å². The Hall–Kier alpha value is -1.95. The van der Waals surface area contributed by atoms with Gasteiger partial charge in [0.25, 0.3) is 0 Å². The number of carbonyl (C=O) groups is 1. The number of hydrogen-bond acceptors (Lipinski definition) is 5. The van der Waals surface area contributed by atoms with E-state index in [4.69, 9.17) is 14.5 Å². The summed E-state index contributed by atoms with van der Waals surface area (Å²) in [5.74, 6) is 0.884. The minimum Gasteiger partial charge on any atom is -0.456 e. The average Bonchev–Trinajstić information content (AvgIpc) is 3.54. The Kier molecular flexibility index (Phi) is 3.55. The molecule has 3 fully saturated rings. The van der Waals surface area contributed by atoms with Gasteiger partial charge in [0.15, 0.2) is 5.65 Å². The van der Waals surface area contributed by atoms with E-state index in [1.165, 1.54) is 12.8 Å². The molecule has 5 rings (SSSR count). The minimum atomic E-state index is -0.275. The van der Waals surface area contributed by atoms with Crippen molar-refractivity contribution < 1.29 is 14.3 Å². The van der Waals surface area contributed by atoms with Crippen molar-refractivity contribution in [2.75, 3.05) is 13.2 Å². The molecule has 1 aliphatic heterocycles. The summed E-state index contributed by atoms with van der Waals surface area (Å²) in [6.45, 7) is 3.35. The number of rotatable bonds is 5. The van der Waals surface area contributed by atoms with Gasteiger partial charge in [-0.2, -0.15) is 5.10 Å². The minimum absolute atomic E-state index is 0.138. The van der Waals surface area contributed by atoms with E-state index >= 15 is 0 Å². The normalized spacial score (nSPS) is 24.6. The zero-order valence-corrected chi connectivity index (χ0v) is 14.5. The third-order valence-electron chi connectivity index (χ3n) is 5.65. The quantitative estimate of drug-likeness (QED) is 0.781. The zero-order valence-electron chi connectivity index (χ0n) is 14.5. The molecule has 6 heteroatoms. The van der Waals surface area contributed by atoms with Crippen molar-refractivity contribution in [3.05, 3.63) is 23.5 Å².